The van der Waals surface area contributed by atoms with Crippen molar-refractivity contribution in [2.45, 2.75) is 51.9 Å². The molecule has 1 N–H and O–H groups in total. The molecular formula is C18H28N2O8S. The highest BCUT2D eigenvalue weighted by Gasteiger charge is 2.30. The van der Waals surface area contributed by atoms with Crippen molar-refractivity contribution in [3.8, 4) is 0 Å². The Labute approximate surface area is 173 Å². The van der Waals surface area contributed by atoms with Gasteiger partial charge in [0.05, 0.1) is 19.8 Å². The molecule has 1 aromatic heterocycles. The number of carbonyl (C=O) groups excluding carboxylic acids is 3. The minimum atomic E-state index is -1.03. The van der Waals surface area contributed by atoms with Crippen LogP contribution in [0.2, 0.25) is 0 Å². The normalized spacial score (nSPS) is 13.3. The molecule has 11 heteroatoms. The molecular weight excluding hydrogens is 404 g/mol. The van der Waals surface area contributed by atoms with Gasteiger partial charge in [-0.25, -0.2) is 19.4 Å². The molecule has 1 heterocycles. The van der Waals surface area contributed by atoms with E-state index in [1.165, 1.54) is 19.6 Å². The summed E-state index contributed by atoms with van der Waals surface area (Å²) in [7, 11) is 2.66. The molecule has 29 heavy (non-hydrogen) atoms. The number of carbonyl (C=O) groups is 3. The molecule has 0 aliphatic rings. The zero-order valence-electron chi connectivity index (χ0n) is 17.5. The van der Waals surface area contributed by atoms with E-state index in [2.05, 4.69) is 15.0 Å². The zero-order chi connectivity index (χ0) is 22.0. The minimum absolute atomic E-state index is 0.00440. The summed E-state index contributed by atoms with van der Waals surface area (Å²) in [5.74, 6) is -1.22. The first-order chi connectivity index (χ1) is 13.6. The largest absolute Gasteiger partial charge is 0.464 e. The Kier molecular flexibility index (Phi) is 9.99. The average Bonchev–Trinajstić information content (AvgIpc) is 3.12. The second-order valence-corrected chi connectivity index (χ2v) is 7.70. The number of esters is 2. The molecule has 1 rings (SSSR count). The van der Waals surface area contributed by atoms with Gasteiger partial charge in [0.1, 0.15) is 17.4 Å². The Morgan fingerprint density at radius 1 is 1.24 bits per heavy atom. The molecule has 164 valence electrons. The van der Waals surface area contributed by atoms with Crippen LogP contribution >= 0.6 is 11.3 Å². The third kappa shape index (κ3) is 8.75. The van der Waals surface area contributed by atoms with Gasteiger partial charge in [0.25, 0.3) is 0 Å². The molecule has 0 saturated carbocycles. The standard InChI is InChI=1S/C18H28N2O8S/c1-7-26-16(22)13(27-10-24-5)8-11(20-17(23)28-18(2,3)4)14-19-12(9-29-14)15(21)25-6/h9,11,13H,7-8,10H2,1-6H3,(H,20,23)/t11-,13-/m0/s1. The number of aromatic nitrogens is 1. The van der Waals surface area contributed by atoms with Gasteiger partial charge in [0.15, 0.2) is 11.8 Å². The first-order valence-corrected chi connectivity index (χ1v) is 9.79. The van der Waals surface area contributed by atoms with Crippen molar-refractivity contribution in [3.05, 3.63) is 16.1 Å². The van der Waals surface area contributed by atoms with Gasteiger partial charge in [-0.15, -0.1) is 11.3 Å². The number of thiazole rings is 1. The van der Waals surface area contributed by atoms with Crippen molar-refractivity contribution >= 4 is 29.4 Å². The number of alkyl carbamates (subject to hydrolysis) is 1. The van der Waals surface area contributed by atoms with Gasteiger partial charge in [-0.05, 0) is 27.7 Å². The Hall–Kier alpha value is -2.24. The highest BCUT2D eigenvalue weighted by atomic mass is 32.1. The molecule has 10 nitrogen and oxygen atoms in total. The van der Waals surface area contributed by atoms with Gasteiger partial charge in [0, 0.05) is 18.9 Å². The molecule has 0 aliphatic heterocycles. The second kappa shape index (κ2) is 11.7. The predicted molar refractivity (Wildman–Crippen MR) is 104 cm³/mol. The van der Waals surface area contributed by atoms with E-state index in [0.717, 1.165) is 11.3 Å². The molecule has 0 aliphatic carbocycles. The van der Waals surface area contributed by atoms with E-state index in [4.69, 9.17) is 18.9 Å². The fraction of sp³-hybridized carbons (Fsp3) is 0.667. The van der Waals surface area contributed by atoms with Gasteiger partial charge in [-0.3, -0.25) is 0 Å². The highest BCUT2D eigenvalue weighted by Crippen LogP contribution is 2.25. The number of methoxy groups -OCH3 is 2. The van der Waals surface area contributed by atoms with Crippen LogP contribution in [0.3, 0.4) is 0 Å². The lowest BCUT2D eigenvalue weighted by atomic mass is 10.1. The Balaban J connectivity index is 3.09. The maximum atomic E-state index is 12.3. The molecule has 0 unspecified atom stereocenters. The monoisotopic (exact) mass is 432 g/mol. The Morgan fingerprint density at radius 3 is 2.48 bits per heavy atom. The fourth-order valence-electron chi connectivity index (χ4n) is 2.15. The number of ether oxygens (including phenoxy) is 5. The van der Waals surface area contributed by atoms with Crippen molar-refractivity contribution < 1.29 is 38.1 Å². The summed E-state index contributed by atoms with van der Waals surface area (Å²) in [6, 6.07) is -0.778. The minimum Gasteiger partial charge on any atom is -0.464 e. The maximum absolute atomic E-state index is 12.3. The van der Waals surface area contributed by atoms with Gasteiger partial charge >= 0.3 is 18.0 Å². The van der Waals surface area contributed by atoms with E-state index < -0.39 is 35.8 Å². The van der Waals surface area contributed by atoms with Gasteiger partial charge in [-0.1, -0.05) is 0 Å². The van der Waals surface area contributed by atoms with Crippen LogP contribution in [0.25, 0.3) is 0 Å². The molecule has 0 saturated heterocycles. The van der Waals surface area contributed by atoms with Crippen LogP contribution in [0, 0.1) is 0 Å². The summed E-state index contributed by atoms with van der Waals surface area (Å²) >= 11 is 1.13. The van der Waals surface area contributed by atoms with Crippen LogP contribution < -0.4 is 5.32 Å². The van der Waals surface area contributed by atoms with Crippen molar-refractivity contribution in [2.24, 2.45) is 0 Å². The summed E-state index contributed by atoms with van der Waals surface area (Å²) in [5.41, 5.74) is -0.629. The molecule has 1 aromatic rings. The van der Waals surface area contributed by atoms with E-state index in [1.807, 2.05) is 0 Å². The second-order valence-electron chi connectivity index (χ2n) is 6.81. The number of amides is 1. The van der Waals surface area contributed by atoms with E-state index in [9.17, 15) is 14.4 Å². The van der Waals surface area contributed by atoms with Crippen LogP contribution in [0.15, 0.2) is 5.38 Å². The lowest BCUT2D eigenvalue weighted by Crippen LogP contribution is -2.38. The molecule has 2 atom stereocenters. The van der Waals surface area contributed by atoms with E-state index in [0.29, 0.717) is 5.01 Å². The predicted octanol–water partition coefficient (Wildman–Crippen LogP) is 2.44. The lowest BCUT2D eigenvalue weighted by molar-refractivity contribution is -0.166. The van der Waals surface area contributed by atoms with Crippen molar-refractivity contribution in [2.75, 3.05) is 27.6 Å². The molecule has 0 fully saturated rings. The molecule has 1 amide bonds. The summed E-state index contributed by atoms with van der Waals surface area (Å²) in [6.45, 7) is 6.87. The summed E-state index contributed by atoms with van der Waals surface area (Å²) in [6.07, 6.45) is -1.73. The van der Waals surface area contributed by atoms with Gasteiger partial charge in [-0.2, -0.15) is 0 Å². The van der Waals surface area contributed by atoms with Crippen LogP contribution in [-0.4, -0.2) is 62.3 Å². The number of rotatable bonds is 10. The van der Waals surface area contributed by atoms with Crippen molar-refractivity contribution in [1.82, 2.24) is 10.3 Å². The number of hydrogen-bond acceptors (Lipinski definition) is 10. The Bertz CT molecular complexity index is 686. The first-order valence-electron chi connectivity index (χ1n) is 8.91. The van der Waals surface area contributed by atoms with Crippen LogP contribution in [0.4, 0.5) is 4.79 Å². The molecule has 0 aromatic carbocycles. The number of hydrogen-bond donors (Lipinski definition) is 1. The summed E-state index contributed by atoms with van der Waals surface area (Å²) in [5, 5.41) is 4.55. The van der Waals surface area contributed by atoms with Crippen LogP contribution in [0.1, 0.15) is 55.7 Å². The van der Waals surface area contributed by atoms with E-state index in [1.54, 1.807) is 27.7 Å². The van der Waals surface area contributed by atoms with Crippen molar-refractivity contribution in [3.63, 3.8) is 0 Å². The van der Waals surface area contributed by atoms with E-state index in [-0.39, 0.29) is 25.5 Å². The maximum Gasteiger partial charge on any atom is 0.408 e. The third-order valence-electron chi connectivity index (χ3n) is 3.29. The summed E-state index contributed by atoms with van der Waals surface area (Å²) < 4.78 is 25.3. The zero-order valence-corrected chi connectivity index (χ0v) is 18.3. The topological polar surface area (TPSA) is 122 Å². The number of nitrogens with zero attached hydrogens (tertiary/aromatic N) is 1. The summed E-state index contributed by atoms with van der Waals surface area (Å²) in [4.78, 5) is 40.5. The third-order valence-corrected chi connectivity index (χ3v) is 4.25. The van der Waals surface area contributed by atoms with Crippen molar-refractivity contribution in [1.29, 1.82) is 0 Å². The SMILES string of the molecule is CCOC(=O)[C@H](C[C@H](NC(=O)OC(C)(C)C)c1nc(C(=O)OC)cs1)OCOC. The van der Waals surface area contributed by atoms with E-state index >= 15 is 0 Å². The van der Waals surface area contributed by atoms with Crippen LogP contribution in [0.5, 0.6) is 0 Å². The van der Waals surface area contributed by atoms with Gasteiger partial charge < -0.3 is 29.0 Å². The van der Waals surface area contributed by atoms with Gasteiger partial charge in [0.2, 0.25) is 0 Å². The quantitative estimate of drug-likeness (QED) is 0.337. The molecule has 0 bridgehead atoms. The number of nitrogens with one attached hydrogen (secondary N) is 1. The van der Waals surface area contributed by atoms with Crippen LogP contribution in [-0.2, 0) is 28.5 Å². The molecule has 0 spiro atoms. The Morgan fingerprint density at radius 2 is 1.93 bits per heavy atom. The molecule has 0 radical (unpaired) electrons. The first kappa shape index (κ1) is 24.8. The average molecular weight is 432 g/mol. The fourth-order valence-corrected chi connectivity index (χ4v) is 3.00. The lowest BCUT2D eigenvalue weighted by Gasteiger charge is -2.25. The highest BCUT2D eigenvalue weighted by molar-refractivity contribution is 7.09. The smallest absolute Gasteiger partial charge is 0.408 e.